The molecule has 2 heterocycles. The van der Waals surface area contributed by atoms with Crippen LogP contribution >= 0.6 is 11.3 Å². The maximum absolute atomic E-state index is 12.9. The Bertz CT molecular complexity index is 1130. The first-order valence-corrected chi connectivity index (χ1v) is 11.9. The molecular formula is C25H26N4O2S. The van der Waals surface area contributed by atoms with Crippen molar-refractivity contribution < 1.29 is 9.53 Å². The highest BCUT2D eigenvalue weighted by Crippen LogP contribution is 2.38. The van der Waals surface area contributed by atoms with Crippen LogP contribution in [-0.2, 0) is 17.6 Å². The Morgan fingerprint density at radius 3 is 2.66 bits per heavy atom. The summed E-state index contributed by atoms with van der Waals surface area (Å²) < 4.78 is 5.56. The molecule has 1 N–H and O–H groups in total. The van der Waals surface area contributed by atoms with Gasteiger partial charge in [-0.05, 0) is 68.7 Å². The van der Waals surface area contributed by atoms with E-state index in [-0.39, 0.29) is 5.57 Å². The van der Waals surface area contributed by atoms with E-state index < -0.39 is 5.91 Å². The molecule has 1 aliphatic carbocycles. The van der Waals surface area contributed by atoms with E-state index in [0.29, 0.717) is 21.9 Å². The number of aryl methyl sites for hydroxylation is 1. The first-order valence-electron chi connectivity index (χ1n) is 11.1. The van der Waals surface area contributed by atoms with E-state index in [1.165, 1.54) is 35.5 Å². The summed E-state index contributed by atoms with van der Waals surface area (Å²) in [5.41, 5.74) is 3.33. The van der Waals surface area contributed by atoms with Gasteiger partial charge in [0, 0.05) is 35.3 Å². The highest BCUT2D eigenvalue weighted by atomic mass is 32.1. The average molecular weight is 447 g/mol. The molecule has 0 unspecified atom stereocenters. The van der Waals surface area contributed by atoms with Crippen LogP contribution in [0.5, 0.6) is 5.75 Å². The fraction of sp³-hybridized carbons (Fsp3) is 0.400. The molecule has 0 bridgehead atoms. The maximum Gasteiger partial charge on any atom is 0.266 e. The minimum atomic E-state index is -0.509. The second-order valence-electron chi connectivity index (χ2n) is 8.12. The molecule has 164 valence electrons. The van der Waals surface area contributed by atoms with E-state index in [9.17, 15) is 15.3 Å². The van der Waals surface area contributed by atoms with Gasteiger partial charge in [-0.2, -0.15) is 10.5 Å². The third kappa shape index (κ3) is 4.49. The number of benzene rings is 1. The summed E-state index contributed by atoms with van der Waals surface area (Å²) in [4.78, 5) is 16.4. The molecule has 1 aromatic heterocycles. The Labute approximate surface area is 192 Å². The molecule has 4 rings (SSSR count). The van der Waals surface area contributed by atoms with Crippen molar-refractivity contribution in [1.82, 2.24) is 0 Å². The molecule has 1 aliphatic heterocycles. The Hall–Kier alpha value is -3.29. The molecule has 2 aliphatic rings. The zero-order chi connectivity index (χ0) is 22.5. The summed E-state index contributed by atoms with van der Waals surface area (Å²) in [6.45, 7) is 2.05. The fourth-order valence-corrected chi connectivity index (χ4v) is 5.65. The van der Waals surface area contributed by atoms with E-state index in [4.69, 9.17) is 4.74 Å². The van der Waals surface area contributed by atoms with Gasteiger partial charge in [0.05, 0.1) is 12.7 Å². The summed E-state index contributed by atoms with van der Waals surface area (Å²) in [5.74, 6) is 0.114. The quantitative estimate of drug-likeness (QED) is 0.513. The topological polar surface area (TPSA) is 89.2 Å². The lowest BCUT2D eigenvalue weighted by Gasteiger charge is -2.29. The summed E-state index contributed by atoms with van der Waals surface area (Å²) in [6.07, 6.45) is 9.13. The monoisotopic (exact) mass is 446 g/mol. The van der Waals surface area contributed by atoms with Gasteiger partial charge in [0.2, 0.25) is 0 Å². The molecule has 2 aromatic rings. The molecule has 0 radical (unpaired) electrons. The molecule has 0 atom stereocenters. The van der Waals surface area contributed by atoms with Gasteiger partial charge in [-0.25, -0.2) is 0 Å². The number of ether oxygens (including phenoxy) is 1. The predicted molar refractivity (Wildman–Crippen MR) is 127 cm³/mol. The number of nitrogens with zero attached hydrogens (tertiary/aromatic N) is 3. The summed E-state index contributed by atoms with van der Waals surface area (Å²) in [7, 11) is 1.59. The number of carbonyl (C=O) groups is 1. The van der Waals surface area contributed by atoms with Crippen molar-refractivity contribution in [1.29, 1.82) is 10.5 Å². The van der Waals surface area contributed by atoms with Crippen LogP contribution in [-0.4, -0.2) is 26.1 Å². The van der Waals surface area contributed by atoms with Crippen LogP contribution in [0.3, 0.4) is 0 Å². The normalized spacial score (nSPS) is 16.0. The van der Waals surface area contributed by atoms with Crippen molar-refractivity contribution in [2.24, 2.45) is 0 Å². The molecule has 7 heteroatoms. The van der Waals surface area contributed by atoms with E-state index in [1.54, 1.807) is 13.2 Å². The number of thiophene rings is 1. The van der Waals surface area contributed by atoms with Crippen LogP contribution in [0.4, 0.5) is 10.7 Å². The van der Waals surface area contributed by atoms with Crippen molar-refractivity contribution in [3.63, 3.8) is 0 Å². The molecule has 0 saturated carbocycles. The zero-order valence-corrected chi connectivity index (χ0v) is 19.1. The number of hydrogen-bond donors (Lipinski definition) is 1. The lowest BCUT2D eigenvalue weighted by atomic mass is 9.96. The minimum Gasteiger partial charge on any atom is -0.496 e. The number of methoxy groups -OCH3 is 1. The van der Waals surface area contributed by atoms with Crippen LogP contribution in [0.2, 0.25) is 0 Å². The summed E-state index contributed by atoms with van der Waals surface area (Å²) in [6, 6.07) is 10.1. The second kappa shape index (κ2) is 9.89. The van der Waals surface area contributed by atoms with Crippen molar-refractivity contribution in [3.8, 4) is 17.9 Å². The third-order valence-corrected chi connectivity index (χ3v) is 7.32. The third-order valence-electron chi connectivity index (χ3n) is 6.11. The number of carbonyl (C=O) groups excluding carboxylic acids is 1. The molecule has 1 amide bonds. The van der Waals surface area contributed by atoms with E-state index >= 15 is 0 Å². The molecule has 0 spiro atoms. The van der Waals surface area contributed by atoms with Crippen molar-refractivity contribution in [3.05, 3.63) is 45.3 Å². The first-order chi connectivity index (χ1) is 15.6. The van der Waals surface area contributed by atoms with Crippen molar-refractivity contribution >= 4 is 34.0 Å². The number of piperidine rings is 1. The zero-order valence-electron chi connectivity index (χ0n) is 18.2. The summed E-state index contributed by atoms with van der Waals surface area (Å²) in [5, 5.41) is 22.6. The Morgan fingerprint density at radius 2 is 1.94 bits per heavy atom. The average Bonchev–Trinajstić information content (AvgIpc) is 3.19. The van der Waals surface area contributed by atoms with Gasteiger partial charge in [0.25, 0.3) is 5.91 Å². The number of amides is 1. The molecule has 1 saturated heterocycles. The van der Waals surface area contributed by atoms with Gasteiger partial charge >= 0.3 is 0 Å². The van der Waals surface area contributed by atoms with Crippen molar-refractivity contribution in [2.45, 2.75) is 44.9 Å². The maximum atomic E-state index is 12.9. The highest BCUT2D eigenvalue weighted by molar-refractivity contribution is 7.16. The Balaban J connectivity index is 1.58. The van der Waals surface area contributed by atoms with Crippen LogP contribution in [0.25, 0.3) is 6.08 Å². The van der Waals surface area contributed by atoms with Gasteiger partial charge in [-0.1, -0.05) is 0 Å². The number of anilines is 2. The highest BCUT2D eigenvalue weighted by Gasteiger charge is 2.23. The van der Waals surface area contributed by atoms with Gasteiger partial charge in [0.1, 0.15) is 28.5 Å². The van der Waals surface area contributed by atoms with E-state index in [1.807, 2.05) is 24.3 Å². The van der Waals surface area contributed by atoms with E-state index in [2.05, 4.69) is 16.3 Å². The Morgan fingerprint density at radius 1 is 1.16 bits per heavy atom. The number of nitriles is 2. The van der Waals surface area contributed by atoms with Crippen LogP contribution in [0.1, 0.15) is 53.7 Å². The number of hydrogen-bond acceptors (Lipinski definition) is 6. The first kappa shape index (κ1) is 21.9. The van der Waals surface area contributed by atoms with Gasteiger partial charge in [-0.15, -0.1) is 11.3 Å². The van der Waals surface area contributed by atoms with Gasteiger partial charge in [0.15, 0.2) is 0 Å². The lowest BCUT2D eigenvalue weighted by Crippen LogP contribution is -2.29. The van der Waals surface area contributed by atoms with Gasteiger partial charge < -0.3 is 15.0 Å². The van der Waals surface area contributed by atoms with Crippen LogP contribution < -0.4 is 15.0 Å². The van der Waals surface area contributed by atoms with Crippen LogP contribution in [0, 0.1) is 22.7 Å². The smallest absolute Gasteiger partial charge is 0.266 e. The van der Waals surface area contributed by atoms with Crippen molar-refractivity contribution in [2.75, 3.05) is 30.4 Å². The molecule has 6 nitrogen and oxygen atoms in total. The fourth-order valence-electron chi connectivity index (χ4n) is 4.41. The number of fused-ring (bicyclic) bond motifs is 1. The number of nitrogens with one attached hydrogen (secondary N) is 1. The van der Waals surface area contributed by atoms with E-state index in [0.717, 1.165) is 50.0 Å². The molecule has 32 heavy (non-hydrogen) atoms. The van der Waals surface area contributed by atoms with Gasteiger partial charge in [-0.3, -0.25) is 4.79 Å². The lowest BCUT2D eigenvalue weighted by molar-refractivity contribution is -0.112. The molecular weight excluding hydrogens is 420 g/mol. The Kier molecular flexibility index (Phi) is 6.78. The van der Waals surface area contributed by atoms with Crippen LogP contribution in [0.15, 0.2) is 23.8 Å². The minimum absolute atomic E-state index is 0.0238. The summed E-state index contributed by atoms with van der Waals surface area (Å²) >= 11 is 1.45. The molecule has 1 aromatic carbocycles. The number of rotatable bonds is 5. The SMILES string of the molecule is COc1cc(N2CCCCC2)ccc1C=C(C#N)C(=O)Nc1sc2c(c1C#N)CCCC2. The standard InChI is InChI=1S/C25H26N4O2S/c1-31-22-14-19(29-11-5-2-6-12-29)10-9-17(22)13-18(15-26)24(30)28-25-21(16-27)20-7-3-4-8-23(20)32-25/h9-10,13-14H,2-8,11-12H2,1H3,(H,28,30). The second-order valence-corrected chi connectivity index (χ2v) is 9.23. The predicted octanol–water partition coefficient (Wildman–Crippen LogP) is 5.04. The molecule has 1 fully saturated rings. The largest absolute Gasteiger partial charge is 0.496 e.